The van der Waals surface area contributed by atoms with Gasteiger partial charge in [0.15, 0.2) is 12.2 Å². The number of aliphatic hydroxyl groups excluding tert-OH is 1. The van der Waals surface area contributed by atoms with Crippen LogP contribution < -0.4 is 0 Å². The quantitative estimate of drug-likeness (QED) is 0.0169. The number of hydrogen-bond acceptors (Lipinski definition) is 15. The minimum absolute atomic E-state index is 0.0767. The van der Waals surface area contributed by atoms with Crippen LogP contribution in [-0.4, -0.2) is 96.7 Å². The first-order chi connectivity index (χ1) is 52.7. The molecule has 0 aliphatic rings. The largest absolute Gasteiger partial charge is 0.472 e. The second-order valence-electron chi connectivity index (χ2n) is 29.1. The summed E-state index contributed by atoms with van der Waals surface area (Å²) in [4.78, 5) is 73.3. The molecule has 0 aromatic heterocycles. The van der Waals surface area contributed by atoms with E-state index in [1.807, 2.05) is 0 Å². The van der Waals surface area contributed by atoms with Crippen LogP contribution in [0.3, 0.4) is 0 Å². The van der Waals surface area contributed by atoms with Crippen LogP contribution in [0.25, 0.3) is 0 Å². The fourth-order valence-electron chi connectivity index (χ4n) is 11.9. The average Bonchev–Trinajstić information content (AvgIpc) is 0.923. The van der Waals surface area contributed by atoms with Gasteiger partial charge in [0, 0.05) is 25.7 Å². The number of rotatable bonds is 82. The molecule has 0 radical (unpaired) electrons. The van der Waals surface area contributed by atoms with E-state index in [9.17, 15) is 43.2 Å². The molecule has 5 atom stereocenters. The average molecular weight is 1560 g/mol. The molecule has 0 saturated heterocycles. The molecule has 3 N–H and O–H groups in total. The summed E-state index contributed by atoms with van der Waals surface area (Å²) in [5.41, 5.74) is 0. The summed E-state index contributed by atoms with van der Waals surface area (Å²) in [5, 5.41) is 10.7. The van der Waals surface area contributed by atoms with E-state index in [2.05, 4.69) is 125 Å². The van der Waals surface area contributed by atoms with E-state index in [-0.39, 0.29) is 25.7 Å². The van der Waals surface area contributed by atoms with Crippen LogP contribution in [0, 0.1) is 0 Å². The predicted molar refractivity (Wildman–Crippen MR) is 446 cm³/mol. The maximum Gasteiger partial charge on any atom is 0.472 e. The number of carbonyl (C=O) groups is 4. The molecule has 0 saturated carbocycles. The Balaban J connectivity index is 5.37. The molecule has 0 bridgehead atoms. The van der Waals surface area contributed by atoms with E-state index < -0.39 is 97.5 Å². The van der Waals surface area contributed by atoms with Crippen LogP contribution in [0.15, 0.2) is 97.2 Å². The second-order valence-corrected chi connectivity index (χ2v) is 32.0. The van der Waals surface area contributed by atoms with Crippen molar-refractivity contribution in [3.8, 4) is 0 Å². The summed E-state index contributed by atoms with van der Waals surface area (Å²) < 4.78 is 68.8. The topological polar surface area (TPSA) is 237 Å². The number of phosphoric acid groups is 2. The number of allylic oxidation sites excluding steroid dienone is 16. The van der Waals surface area contributed by atoms with Crippen molar-refractivity contribution < 1.29 is 80.2 Å². The van der Waals surface area contributed by atoms with Crippen molar-refractivity contribution >= 4 is 39.5 Å². The first kappa shape index (κ1) is 104. The van der Waals surface area contributed by atoms with E-state index in [1.54, 1.807) is 0 Å². The summed E-state index contributed by atoms with van der Waals surface area (Å²) in [6.45, 7) is 4.83. The molecule has 19 heteroatoms. The van der Waals surface area contributed by atoms with Crippen LogP contribution in [0.4, 0.5) is 0 Å². The molecule has 108 heavy (non-hydrogen) atoms. The number of ether oxygens (including phenoxy) is 4. The third-order valence-electron chi connectivity index (χ3n) is 18.5. The van der Waals surface area contributed by atoms with Gasteiger partial charge in [-0.15, -0.1) is 0 Å². The highest BCUT2D eigenvalue weighted by Crippen LogP contribution is 2.45. The minimum Gasteiger partial charge on any atom is -0.462 e. The Labute approximate surface area is 658 Å². The summed E-state index contributed by atoms with van der Waals surface area (Å²) in [7, 11) is -9.97. The molecular formula is C89H158O17P2. The maximum absolute atomic E-state index is 13.1. The van der Waals surface area contributed by atoms with Crippen molar-refractivity contribution in [2.45, 2.75) is 406 Å². The van der Waals surface area contributed by atoms with Crippen LogP contribution in [0.5, 0.6) is 0 Å². The van der Waals surface area contributed by atoms with Gasteiger partial charge in [0.05, 0.1) is 26.4 Å². The molecule has 0 amide bonds. The standard InChI is InChI=1S/C89H158O17P2/c1-5-9-13-17-21-25-29-33-37-39-41-43-47-49-53-57-61-65-69-73-86(91)99-79-84(105-88(93)75-71-67-63-59-55-51-45-35-31-27-23-19-15-11-7-3)81-103-107(95,96)101-77-83(90)78-102-108(97,98)104-82-85(106-89(94)76-72-68-64-60-56-52-46-36-32-28-24-20-16-12-8-4)80-100-87(92)74-70-66-62-58-54-50-48-44-42-40-38-34-30-26-22-18-14-10-6-2/h21-23,25-27,33-35,37-38,41-45,83-85,90H,5-20,24,28-32,36,39-40,46-82H2,1-4H3,(H,95,96)(H,97,98)/b25-21-,26-22-,27-23-,37-33-,38-34-,43-41-,44-42-,45-35-. The SMILES string of the molecule is CCCCC/C=C\C/C=C\C/C=C\CCCCCCCCC(=O)OCC(COP(=O)(O)OCC(O)COP(=O)(O)OCC(COC(=O)CCCCCCCC/C=C\C/C=C\C/C=C\CCCCC)OC(=O)CCCCCCCCCCCCCCCCC)OC(=O)CCCCCCC/C=C\C/C=C\CCCCC. The molecule has 0 spiro atoms. The lowest BCUT2D eigenvalue weighted by Gasteiger charge is -2.21. The van der Waals surface area contributed by atoms with Gasteiger partial charge in [-0.25, -0.2) is 9.13 Å². The van der Waals surface area contributed by atoms with Gasteiger partial charge in [0.2, 0.25) is 0 Å². The summed E-state index contributed by atoms with van der Waals surface area (Å²) in [6, 6.07) is 0. The normalized spacial score (nSPS) is 14.2. The van der Waals surface area contributed by atoms with Gasteiger partial charge >= 0.3 is 39.5 Å². The van der Waals surface area contributed by atoms with Gasteiger partial charge < -0.3 is 33.8 Å². The van der Waals surface area contributed by atoms with Crippen molar-refractivity contribution in [2.75, 3.05) is 39.6 Å². The van der Waals surface area contributed by atoms with Gasteiger partial charge in [-0.3, -0.25) is 37.3 Å². The molecule has 0 aliphatic carbocycles. The van der Waals surface area contributed by atoms with E-state index in [0.717, 1.165) is 186 Å². The zero-order chi connectivity index (χ0) is 78.9. The monoisotopic (exact) mass is 1560 g/mol. The van der Waals surface area contributed by atoms with Crippen LogP contribution in [0.2, 0.25) is 0 Å². The molecule has 626 valence electrons. The third kappa shape index (κ3) is 80.0. The Morgan fingerprint density at radius 2 is 0.454 bits per heavy atom. The van der Waals surface area contributed by atoms with Crippen molar-refractivity contribution in [3.63, 3.8) is 0 Å². The fourth-order valence-corrected chi connectivity index (χ4v) is 13.4. The summed E-state index contributed by atoms with van der Waals surface area (Å²) >= 11 is 0. The molecule has 17 nitrogen and oxygen atoms in total. The Kier molecular flexibility index (Phi) is 78.0. The molecule has 0 fully saturated rings. The van der Waals surface area contributed by atoms with Gasteiger partial charge in [-0.1, -0.05) is 324 Å². The molecule has 0 rings (SSSR count). The smallest absolute Gasteiger partial charge is 0.462 e. The van der Waals surface area contributed by atoms with E-state index in [0.29, 0.717) is 25.7 Å². The summed E-state index contributed by atoms with van der Waals surface area (Å²) in [6.07, 6.45) is 87.8. The van der Waals surface area contributed by atoms with Gasteiger partial charge in [-0.05, 0) is 135 Å². The predicted octanol–water partition coefficient (Wildman–Crippen LogP) is 25.9. The second kappa shape index (κ2) is 81.0. The van der Waals surface area contributed by atoms with E-state index in [1.165, 1.54) is 122 Å². The van der Waals surface area contributed by atoms with Crippen molar-refractivity contribution in [3.05, 3.63) is 97.2 Å². The van der Waals surface area contributed by atoms with Crippen LogP contribution >= 0.6 is 15.6 Å². The number of phosphoric ester groups is 2. The molecule has 5 unspecified atom stereocenters. The highest BCUT2D eigenvalue weighted by atomic mass is 31.2. The Hall–Kier alpha value is -4.02. The number of hydrogen-bond donors (Lipinski definition) is 3. The molecule has 0 aliphatic heterocycles. The van der Waals surface area contributed by atoms with Crippen LogP contribution in [-0.2, 0) is 65.4 Å². The Bertz CT molecular complexity index is 2420. The molecular weight excluding hydrogens is 1400 g/mol. The van der Waals surface area contributed by atoms with Crippen LogP contribution in [0.1, 0.15) is 387 Å². The molecule has 0 aromatic carbocycles. The number of esters is 4. The van der Waals surface area contributed by atoms with Crippen molar-refractivity contribution in [1.82, 2.24) is 0 Å². The Morgan fingerprint density at radius 3 is 0.713 bits per heavy atom. The highest BCUT2D eigenvalue weighted by molar-refractivity contribution is 7.47. The van der Waals surface area contributed by atoms with Gasteiger partial charge in [0.1, 0.15) is 19.3 Å². The molecule has 0 heterocycles. The van der Waals surface area contributed by atoms with Gasteiger partial charge in [-0.2, -0.15) is 0 Å². The highest BCUT2D eigenvalue weighted by Gasteiger charge is 2.30. The maximum atomic E-state index is 13.1. The van der Waals surface area contributed by atoms with Gasteiger partial charge in [0.25, 0.3) is 0 Å². The van der Waals surface area contributed by atoms with Crippen molar-refractivity contribution in [1.29, 1.82) is 0 Å². The zero-order valence-electron chi connectivity index (χ0n) is 68.8. The number of unbranched alkanes of at least 4 members (excludes halogenated alkanes) is 40. The Morgan fingerprint density at radius 1 is 0.259 bits per heavy atom. The lowest BCUT2D eigenvalue weighted by atomic mass is 10.0. The van der Waals surface area contributed by atoms with E-state index >= 15 is 0 Å². The fraction of sp³-hybridized carbons (Fsp3) is 0.775. The van der Waals surface area contributed by atoms with E-state index in [4.69, 9.17) is 37.0 Å². The lowest BCUT2D eigenvalue weighted by molar-refractivity contribution is -0.161. The first-order valence-electron chi connectivity index (χ1n) is 43.5. The minimum atomic E-state index is -4.99. The zero-order valence-corrected chi connectivity index (χ0v) is 70.6. The first-order valence-corrected chi connectivity index (χ1v) is 46.5. The van der Waals surface area contributed by atoms with Crippen molar-refractivity contribution in [2.24, 2.45) is 0 Å². The number of carbonyl (C=O) groups excluding carboxylic acids is 4. The third-order valence-corrected chi connectivity index (χ3v) is 20.4. The lowest BCUT2D eigenvalue weighted by Crippen LogP contribution is -2.30. The molecule has 0 aromatic rings. The summed E-state index contributed by atoms with van der Waals surface area (Å²) in [5.74, 6) is -2.19. The number of aliphatic hydroxyl groups is 1.